The number of nitrogens with one attached hydrogen (secondary N) is 1. The van der Waals surface area contributed by atoms with Crippen molar-refractivity contribution in [3.8, 4) is 0 Å². The average Bonchev–Trinajstić information content (AvgIpc) is 2.61. The van der Waals surface area contributed by atoms with Crippen molar-refractivity contribution in [1.29, 1.82) is 0 Å². The molecule has 2 aromatic carbocycles. The van der Waals surface area contributed by atoms with Crippen LogP contribution in [0.15, 0.2) is 42.5 Å². The highest BCUT2D eigenvalue weighted by Crippen LogP contribution is 2.27. The maximum atomic E-state index is 12.9. The lowest BCUT2D eigenvalue weighted by Crippen LogP contribution is -2.47. The number of aryl methyl sites for hydroxylation is 1. The molecule has 1 amide bonds. The molecule has 0 saturated heterocycles. The predicted octanol–water partition coefficient (Wildman–Crippen LogP) is 3.74. The first-order chi connectivity index (χ1) is 13.0. The molecule has 0 bridgehead atoms. The van der Waals surface area contributed by atoms with Gasteiger partial charge in [-0.25, -0.2) is 8.42 Å². The zero-order chi connectivity index (χ0) is 21.1. The van der Waals surface area contributed by atoms with Crippen LogP contribution >= 0.6 is 11.6 Å². The monoisotopic (exact) mass is 425 g/mol. The van der Waals surface area contributed by atoms with Crippen LogP contribution in [0.1, 0.15) is 18.9 Å². The minimum Gasteiger partial charge on any atom is -0.324 e. The van der Waals surface area contributed by atoms with Crippen molar-refractivity contribution >= 4 is 44.6 Å². The molecule has 0 aliphatic heterocycles. The van der Waals surface area contributed by atoms with E-state index in [1.165, 1.54) is 18.2 Å². The number of benzene rings is 2. The van der Waals surface area contributed by atoms with E-state index in [2.05, 4.69) is 5.32 Å². The van der Waals surface area contributed by atoms with Crippen molar-refractivity contribution in [1.82, 2.24) is 0 Å². The molecule has 0 heterocycles. The zero-order valence-corrected chi connectivity index (χ0v) is 17.1. The summed E-state index contributed by atoms with van der Waals surface area (Å²) in [6.07, 6.45) is 1.10. The first-order valence-electron chi connectivity index (χ1n) is 8.35. The van der Waals surface area contributed by atoms with Gasteiger partial charge in [0, 0.05) is 22.8 Å². The van der Waals surface area contributed by atoms with Gasteiger partial charge >= 0.3 is 0 Å². The van der Waals surface area contributed by atoms with Gasteiger partial charge in [-0.1, -0.05) is 30.7 Å². The molecule has 1 atom stereocenters. The number of rotatable bonds is 7. The molecule has 0 fully saturated rings. The Bertz CT molecular complexity index is 1010. The molecule has 0 aliphatic rings. The van der Waals surface area contributed by atoms with Crippen molar-refractivity contribution in [2.24, 2.45) is 0 Å². The van der Waals surface area contributed by atoms with Crippen molar-refractivity contribution in [2.75, 3.05) is 15.9 Å². The van der Waals surface area contributed by atoms with Crippen LogP contribution in [0, 0.1) is 17.0 Å². The summed E-state index contributed by atoms with van der Waals surface area (Å²) >= 11 is 5.97. The largest absolute Gasteiger partial charge is 0.324 e. The highest BCUT2D eigenvalue weighted by atomic mass is 35.5. The predicted molar refractivity (Wildman–Crippen MR) is 109 cm³/mol. The second kappa shape index (κ2) is 8.57. The number of anilines is 2. The van der Waals surface area contributed by atoms with E-state index in [1.54, 1.807) is 32.0 Å². The summed E-state index contributed by atoms with van der Waals surface area (Å²) in [6, 6.07) is 9.03. The van der Waals surface area contributed by atoms with E-state index in [1.807, 2.05) is 0 Å². The highest BCUT2D eigenvalue weighted by molar-refractivity contribution is 7.92. The third-order valence-corrected chi connectivity index (χ3v) is 5.50. The summed E-state index contributed by atoms with van der Waals surface area (Å²) in [7, 11) is -3.90. The van der Waals surface area contributed by atoms with Gasteiger partial charge in [-0.05, 0) is 37.1 Å². The van der Waals surface area contributed by atoms with Crippen LogP contribution < -0.4 is 9.62 Å². The summed E-state index contributed by atoms with van der Waals surface area (Å²) in [6.45, 7) is 3.44. The van der Waals surface area contributed by atoms with Gasteiger partial charge in [-0.15, -0.1) is 0 Å². The highest BCUT2D eigenvalue weighted by Gasteiger charge is 2.32. The van der Waals surface area contributed by atoms with Crippen LogP contribution in [0.4, 0.5) is 17.1 Å². The van der Waals surface area contributed by atoms with E-state index in [9.17, 15) is 23.3 Å². The Morgan fingerprint density at radius 2 is 1.96 bits per heavy atom. The fourth-order valence-corrected chi connectivity index (χ4v) is 4.12. The molecule has 150 valence electrons. The maximum Gasteiger partial charge on any atom is 0.271 e. The topological polar surface area (TPSA) is 110 Å². The normalized spacial score (nSPS) is 12.3. The Labute approximate surface area is 168 Å². The number of nitro benzene ring substituents is 1. The third kappa shape index (κ3) is 4.99. The Kier molecular flexibility index (Phi) is 6.63. The minimum absolute atomic E-state index is 0.0431. The minimum atomic E-state index is -3.90. The lowest BCUT2D eigenvalue weighted by Gasteiger charge is -2.30. The van der Waals surface area contributed by atoms with E-state index in [0.29, 0.717) is 10.7 Å². The van der Waals surface area contributed by atoms with Gasteiger partial charge in [0.1, 0.15) is 6.04 Å². The number of sulfonamides is 1. The molecule has 2 rings (SSSR count). The molecule has 2 aromatic rings. The van der Waals surface area contributed by atoms with E-state index < -0.39 is 26.9 Å². The number of carbonyl (C=O) groups is 1. The van der Waals surface area contributed by atoms with Gasteiger partial charge in [0.05, 0.1) is 16.9 Å². The number of hydrogen-bond donors (Lipinski definition) is 1. The van der Waals surface area contributed by atoms with Gasteiger partial charge in [-0.2, -0.15) is 0 Å². The SMILES string of the molecule is CCC(C(=O)Nc1cc(Cl)ccc1C)N(c1cccc([N+](=O)[O-])c1)S(C)(=O)=O. The van der Waals surface area contributed by atoms with Crippen molar-refractivity contribution in [3.05, 3.63) is 63.2 Å². The Morgan fingerprint density at radius 3 is 2.54 bits per heavy atom. The first kappa shape index (κ1) is 21.6. The summed E-state index contributed by atoms with van der Waals surface area (Å²) in [5.41, 5.74) is 0.992. The van der Waals surface area contributed by atoms with Crippen LogP contribution in [-0.4, -0.2) is 31.5 Å². The Balaban J connectivity index is 2.46. The van der Waals surface area contributed by atoms with E-state index in [4.69, 9.17) is 11.6 Å². The van der Waals surface area contributed by atoms with Gasteiger partial charge < -0.3 is 5.32 Å². The molecule has 0 saturated carbocycles. The zero-order valence-electron chi connectivity index (χ0n) is 15.5. The Morgan fingerprint density at radius 1 is 1.29 bits per heavy atom. The number of carbonyl (C=O) groups excluding carboxylic acids is 1. The maximum absolute atomic E-state index is 12.9. The van der Waals surface area contributed by atoms with E-state index in [0.717, 1.165) is 22.2 Å². The Hall–Kier alpha value is -2.65. The molecule has 1 unspecified atom stereocenters. The molecule has 0 radical (unpaired) electrons. The fraction of sp³-hybridized carbons (Fsp3) is 0.278. The number of hydrogen-bond acceptors (Lipinski definition) is 5. The lowest BCUT2D eigenvalue weighted by atomic mass is 10.1. The molecular weight excluding hydrogens is 406 g/mol. The second-order valence-electron chi connectivity index (χ2n) is 6.21. The van der Waals surface area contributed by atoms with Gasteiger partial charge in [-0.3, -0.25) is 19.2 Å². The number of non-ortho nitro benzene ring substituents is 1. The summed E-state index contributed by atoms with van der Waals surface area (Å²) in [5, 5.41) is 14.2. The van der Waals surface area contributed by atoms with Crippen molar-refractivity contribution in [2.45, 2.75) is 26.3 Å². The molecule has 0 aliphatic carbocycles. The molecule has 8 nitrogen and oxygen atoms in total. The van der Waals surface area contributed by atoms with E-state index in [-0.39, 0.29) is 17.8 Å². The van der Waals surface area contributed by atoms with Crippen molar-refractivity contribution in [3.63, 3.8) is 0 Å². The third-order valence-electron chi connectivity index (χ3n) is 4.08. The average molecular weight is 426 g/mol. The quantitative estimate of drug-likeness (QED) is 0.536. The van der Waals surface area contributed by atoms with E-state index >= 15 is 0 Å². The molecule has 0 spiro atoms. The van der Waals surface area contributed by atoms with Crippen LogP contribution in [0.3, 0.4) is 0 Å². The first-order valence-corrected chi connectivity index (χ1v) is 10.6. The summed E-state index contributed by atoms with van der Waals surface area (Å²) < 4.78 is 25.8. The van der Waals surface area contributed by atoms with Crippen LogP contribution in [0.25, 0.3) is 0 Å². The second-order valence-corrected chi connectivity index (χ2v) is 8.50. The van der Waals surface area contributed by atoms with Crippen LogP contribution in [-0.2, 0) is 14.8 Å². The number of nitrogens with zero attached hydrogens (tertiary/aromatic N) is 2. The smallest absolute Gasteiger partial charge is 0.271 e. The fourth-order valence-electron chi connectivity index (χ4n) is 2.75. The van der Waals surface area contributed by atoms with Crippen LogP contribution in [0.5, 0.6) is 0 Å². The molecular formula is C18H20ClN3O5S. The molecule has 10 heteroatoms. The molecule has 0 aromatic heterocycles. The molecule has 28 heavy (non-hydrogen) atoms. The number of amides is 1. The standard InChI is InChI=1S/C18H20ClN3O5S/c1-4-17(18(23)20-16-10-13(19)9-8-12(16)2)21(28(3,26)27)14-6-5-7-15(11-14)22(24)25/h5-11,17H,4H2,1-3H3,(H,20,23). The number of nitro groups is 1. The van der Waals surface area contributed by atoms with Crippen molar-refractivity contribution < 1.29 is 18.1 Å². The summed E-state index contributed by atoms with van der Waals surface area (Å²) in [4.78, 5) is 23.3. The van der Waals surface area contributed by atoms with Crippen LogP contribution in [0.2, 0.25) is 5.02 Å². The number of halogens is 1. The van der Waals surface area contributed by atoms with Gasteiger partial charge in [0.25, 0.3) is 5.69 Å². The van der Waals surface area contributed by atoms with Gasteiger partial charge in [0.2, 0.25) is 15.9 Å². The lowest BCUT2D eigenvalue weighted by molar-refractivity contribution is -0.384. The molecule has 1 N–H and O–H groups in total. The summed E-state index contributed by atoms with van der Waals surface area (Å²) in [5.74, 6) is -0.565. The van der Waals surface area contributed by atoms with Gasteiger partial charge in [0.15, 0.2) is 0 Å².